The smallest absolute Gasteiger partial charge is 0.280 e. The molecule has 4 nitrogen and oxygen atoms in total. The van der Waals surface area contributed by atoms with Crippen LogP contribution in [0, 0.1) is 10.1 Å². The molecule has 0 atom stereocenters. The predicted molar refractivity (Wildman–Crippen MR) is 88.3 cm³/mol. The molecule has 106 valence electrons. The summed E-state index contributed by atoms with van der Waals surface area (Å²) < 4.78 is 1.51. The van der Waals surface area contributed by atoms with Crippen molar-refractivity contribution in [3.8, 4) is 0 Å². The maximum atomic E-state index is 12.2. The lowest BCUT2D eigenvalue weighted by Gasteiger charge is -2.00. The number of ketones is 1. The molecule has 0 heterocycles. The van der Waals surface area contributed by atoms with Gasteiger partial charge in [0.2, 0.25) is 0 Å². The Bertz CT molecular complexity index is 741. The second-order valence-electron chi connectivity index (χ2n) is 4.17. The van der Waals surface area contributed by atoms with Crippen molar-refractivity contribution in [3.05, 3.63) is 78.7 Å². The summed E-state index contributed by atoms with van der Waals surface area (Å²) in [4.78, 5) is 22.6. The van der Waals surface area contributed by atoms with Crippen LogP contribution in [0.1, 0.15) is 15.9 Å². The van der Waals surface area contributed by atoms with Gasteiger partial charge in [0.05, 0.1) is 4.92 Å². The van der Waals surface area contributed by atoms with Crippen molar-refractivity contribution in [1.82, 2.24) is 0 Å². The zero-order valence-electron chi connectivity index (χ0n) is 10.6. The lowest BCUT2D eigenvalue weighted by atomic mass is 10.1. The molecule has 0 aliphatic heterocycles. The van der Waals surface area contributed by atoms with Crippen LogP contribution >= 0.6 is 31.9 Å². The number of allylic oxidation sites excluding steroid dienone is 1. The number of carbonyl (C=O) groups excluding carboxylic acids is 1. The zero-order chi connectivity index (χ0) is 15.4. The van der Waals surface area contributed by atoms with Crippen LogP contribution in [-0.2, 0) is 0 Å². The molecule has 0 saturated carbocycles. The Balaban J connectivity index is 2.32. The highest BCUT2D eigenvalue weighted by atomic mass is 79.9. The summed E-state index contributed by atoms with van der Waals surface area (Å²) in [5.41, 5.74) is 0.679. The number of hydrogen-bond donors (Lipinski definition) is 0. The zero-order valence-corrected chi connectivity index (χ0v) is 13.8. The molecule has 0 saturated heterocycles. The van der Waals surface area contributed by atoms with E-state index in [0.29, 0.717) is 4.47 Å². The second-order valence-corrected chi connectivity index (χ2v) is 6.00. The van der Waals surface area contributed by atoms with E-state index in [1.54, 1.807) is 6.08 Å². The van der Waals surface area contributed by atoms with Gasteiger partial charge in [0.15, 0.2) is 5.78 Å². The molecule has 2 rings (SSSR count). The van der Waals surface area contributed by atoms with Gasteiger partial charge in [-0.25, -0.2) is 0 Å². The molecular weight excluding hydrogens is 402 g/mol. The average Bonchev–Trinajstić information content (AvgIpc) is 2.44. The molecule has 0 unspecified atom stereocenters. The van der Waals surface area contributed by atoms with Gasteiger partial charge in [-0.2, -0.15) is 0 Å². The van der Waals surface area contributed by atoms with Crippen molar-refractivity contribution in [2.45, 2.75) is 0 Å². The summed E-state index contributed by atoms with van der Waals surface area (Å²) in [5.74, 6) is -0.414. The fraction of sp³-hybridized carbons (Fsp3) is 0. The molecule has 2 aromatic carbocycles. The monoisotopic (exact) mass is 409 g/mol. The highest BCUT2D eigenvalue weighted by molar-refractivity contribution is 9.10. The third-order valence-electron chi connectivity index (χ3n) is 2.70. The molecule has 0 N–H and O–H groups in total. The number of nitro groups is 1. The van der Waals surface area contributed by atoms with Crippen molar-refractivity contribution in [2.24, 2.45) is 0 Å². The van der Waals surface area contributed by atoms with E-state index in [0.717, 1.165) is 10.0 Å². The van der Waals surface area contributed by atoms with Crippen molar-refractivity contribution >= 4 is 49.4 Å². The molecule has 0 spiro atoms. The van der Waals surface area contributed by atoms with Crippen molar-refractivity contribution in [2.75, 3.05) is 0 Å². The van der Waals surface area contributed by atoms with Gasteiger partial charge in [-0.1, -0.05) is 50.1 Å². The molecule has 21 heavy (non-hydrogen) atoms. The minimum atomic E-state index is -0.563. The molecule has 0 radical (unpaired) electrons. The molecule has 0 fully saturated rings. The third kappa shape index (κ3) is 4.09. The van der Waals surface area contributed by atoms with Gasteiger partial charge in [0.25, 0.3) is 5.69 Å². The van der Waals surface area contributed by atoms with E-state index in [1.165, 1.54) is 24.3 Å². The number of hydrogen-bond acceptors (Lipinski definition) is 3. The van der Waals surface area contributed by atoms with Crippen LogP contribution in [0.4, 0.5) is 5.69 Å². The average molecular weight is 411 g/mol. The first-order chi connectivity index (χ1) is 9.97. The van der Waals surface area contributed by atoms with E-state index in [1.807, 2.05) is 24.3 Å². The largest absolute Gasteiger partial charge is 0.289 e. The molecule has 0 aliphatic rings. The number of carbonyl (C=O) groups is 1. The third-order valence-corrected chi connectivity index (χ3v) is 3.68. The summed E-state index contributed by atoms with van der Waals surface area (Å²) >= 11 is 6.55. The molecule has 0 aromatic heterocycles. The Morgan fingerprint density at radius 3 is 2.48 bits per heavy atom. The molecular formula is C15H9Br2NO3. The Labute approximate surface area is 137 Å². The van der Waals surface area contributed by atoms with Gasteiger partial charge in [-0.05, 0) is 35.9 Å². The van der Waals surface area contributed by atoms with E-state index in [9.17, 15) is 14.9 Å². The molecule has 0 amide bonds. The number of halogens is 2. The van der Waals surface area contributed by atoms with E-state index in [-0.39, 0.29) is 11.3 Å². The van der Waals surface area contributed by atoms with Crippen LogP contribution in [0.5, 0.6) is 0 Å². The maximum absolute atomic E-state index is 12.2. The number of benzene rings is 2. The van der Waals surface area contributed by atoms with Crippen molar-refractivity contribution in [1.29, 1.82) is 0 Å². The summed E-state index contributed by atoms with van der Waals surface area (Å²) in [6.07, 6.45) is 2.95. The Morgan fingerprint density at radius 2 is 1.81 bits per heavy atom. The normalized spacial score (nSPS) is 10.8. The predicted octanol–water partition coefficient (Wildman–Crippen LogP) is 5.02. The van der Waals surface area contributed by atoms with Crippen LogP contribution in [0.15, 0.2) is 57.5 Å². The number of nitrogens with zero attached hydrogens (tertiary/aromatic N) is 1. The molecule has 0 aliphatic carbocycles. The lowest BCUT2D eigenvalue weighted by Crippen LogP contribution is -2.01. The number of rotatable bonds is 4. The van der Waals surface area contributed by atoms with Crippen LogP contribution in [0.2, 0.25) is 0 Å². The lowest BCUT2D eigenvalue weighted by molar-refractivity contribution is -0.385. The molecule has 6 heteroatoms. The molecule has 0 bridgehead atoms. The van der Waals surface area contributed by atoms with Crippen molar-refractivity contribution in [3.63, 3.8) is 0 Å². The summed E-state index contributed by atoms with van der Waals surface area (Å²) in [7, 11) is 0. The Hall–Kier alpha value is -1.79. The van der Waals surface area contributed by atoms with Gasteiger partial charge in [-0.15, -0.1) is 0 Å². The topological polar surface area (TPSA) is 60.2 Å². The van der Waals surface area contributed by atoms with E-state index in [4.69, 9.17) is 0 Å². The fourth-order valence-electron chi connectivity index (χ4n) is 1.74. The maximum Gasteiger partial charge on any atom is 0.280 e. The minimum absolute atomic E-state index is 0.0561. The summed E-state index contributed by atoms with van der Waals surface area (Å²) in [6, 6.07) is 11.7. The van der Waals surface area contributed by atoms with Gasteiger partial charge in [0, 0.05) is 15.0 Å². The van der Waals surface area contributed by atoms with Crippen LogP contribution < -0.4 is 0 Å². The highest BCUT2D eigenvalue weighted by Gasteiger charge is 2.18. The van der Waals surface area contributed by atoms with Gasteiger partial charge in [-0.3, -0.25) is 14.9 Å². The first-order valence-electron chi connectivity index (χ1n) is 5.89. The van der Waals surface area contributed by atoms with E-state index in [2.05, 4.69) is 31.9 Å². The first-order valence-corrected chi connectivity index (χ1v) is 7.48. The summed E-state index contributed by atoms with van der Waals surface area (Å²) in [6.45, 7) is 0. The van der Waals surface area contributed by atoms with E-state index >= 15 is 0 Å². The van der Waals surface area contributed by atoms with Crippen molar-refractivity contribution < 1.29 is 9.72 Å². The second kappa shape index (κ2) is 6.78. The Morgan fingerprint density at radius 1 is 1.10 bits per heavy atom. The fourth-order valence-corrected chi connectivity index (χ4v) is 2.51. The quantitative estimate of drug-likeness (QED) is 0.308. The molecule has 2 aromatic rings. The SMILES string of the molecule is O=C(C=Cc1cccc(Br)c1)c1cc(Br)ccc1[N+](=O)[O-]. The van der Waals surface area contributed by atoms with Gasteiger partial charge < -0.3 is 0 Å². The standard InChI is InChI=1S/C15H9Br2NO3/c16-11-3-1-2-10(8-11)4-7-15(19)13-9-12(17)5-6-14(13)18(20)21/h1-9H. The van der Waals surface area contributed by atoms with Crippen LogP contribution in [-0.4, -0.2) is 10.7 Å². The van der Waals surface area contributed by atoms with Crippen LogP contribution in [0.25, 0.3) is 6.08 Å². The van der Waals surface area contributed by atoms with Gasteiger partial charge >= 0.3 is 0 Å². The highest BCUT2D eigenvalue weighted by Crippen LogP contribution is 2.24. The summed E-state index contributed by atoms with van der Waals surface area (Å²) in [5, 5.41) is 11.0. The minimum Gasteiger partial charge on any atom is -0.289 e. The number of nitro benzene ring substituents is 1. The van der Waals surface area contributed by atoms with Gasteiger partial charge in [0.1, 0.15) is 5.56 Å². The first kappa shape index (κ1) is 15.6. The van der Waals surface area contributed by atoms with E-state index < -0.39 is 10.7 Å². The Kier molecular flexibility index (Phi) is 5.03. The van der Waals surface area contributed by atoms with Crippen LogP contribution in [0.3, 0.4) is 0 Å².